The maximum absolute atomic E-state index is 12.0. The molecule has 1 aliphatic carbocycles. The molecule has 0 spiro atoms. The van der Waals surface area contributed by atoms with E-state index >= 15 is 0 Å². The maximum Gasteiger partial charge on any atom is 0.336 e. The first-order valence-electron chi connectivity index (χ1n) is 7.06. The zero-order chi connectivity index (χ0) is 14.0. The van der Waals surface area contributed by atoms with Crippen LogP contribution in [-0.4, -0.2) is 22.8 Å². The average molecular weight is 267 g/mol. The second-order valence-electron chi connectivity index (χ2n) is 5.85. The molecule has 2 aliphatic rings. The molecule has 0 bridgehead atoms. The second kappa shape index (κ2) is 5.72. The fraction of sp³-hybridized carbons (Fsp3) is 0.786. The number of imide groups is 1. The minimum Gasteiger partial charge on any atom is -0.330 e. The summed E-state index contributed by atoms with van der Waals surface area (Å²) in [4.78, 5) is 39.7. The summed E-state index contributed by atoms with van der Waals surface area (Å²) >= 11 is 0. The number of nitrogens with zero attached hydrogens (tertiary/aromatic N) is 1. The van der Waals surface area contributed by atoms with Crippen molar-refractivity contribution in [3.8, 4) is 0 Å². The standard InChI is InChI=1S/C14H21NO4/c1-9(2)10-3-5-11(6-4-10)14(18)19-15-12(16)7-8-13(15)17/h9-11H,3-8H2,1-2H3. The van der Waals surface area contributed by atoms with Gasteiger partial charge in [-0.15, -0.1) is 5.06 Å². The molecule has 2 fully saturated rings. The van der Waals surface area contributed by atoms with Crippen LogP contribution in [0.25, 0.3) is 0 Å². The van der Waals surface area contributed by atoms with E-state index in [1.807, 2.05) is 0 Å². The lowest BCUT2D eigenvalue weighted by Gasteiger charge is -2.29. The highest BCUT2D eigenvalue weighted by molar-refractivity contribution is 6.01. The molecule has 0 N–H and O–H groups in total. The molecule has 0 aromatic heterocycles. The highest BCUT2D eigenvalue weighted by Gasteiger charge is 2.36. The molecule has 1 saturated carbocycles. The van der Waals surface area contributed by atoms with Gasteiger partial charge in [-0.25, -0.2) is 4.79 Å². The van der Waals surface area contributed by atoms with Gasteiger partial charge in [0.25, 0.3) is 11.8 Å². The van der Waals surface area contributed by atoms with Crippen LogP contribution in [-0.2, 0) is 19.2 Å². The van der Waals surface area contributed by atoms with Crippen LogP contribution in [0.2, 0.25) is 0 Å². The summed E-state index contributed by atoms with van der Waals surface area (Å²) in [6.45, 7) is 4.40. The van der Waals surface area contributed by atoms with E-state index < -0.39 is 17.8 Å². The number of carbonyl (C=O) groups excluding carboxylic acids is 3. The molecule has 0 radical (unpaired) electrons. The summed E-state index contributed by atoms with van der Waals surface area (Å²) in [5, 5.41) is 0.650. The molecule has 106 valence electrons. The van der Waals surface area contributed by atoms with E-state index in [1.54, 1.807) is 0 Å². The third-order valence-electron chi connectivity index (χ3n) is 4.24. The third-order valence-corrected chi connectivity index (χ3v) is 4.24. The fourth-order valence-corrected chi connectivity index (χ4v) is 2.84. The molecular weight excluding hydrogens is 246 g/mol. The van der Waals surface area contributed by atoms with Crippen LogP contribution in [0.4, 0.5) is 0 Å². The van der Waals surface area contributed by atoms with Gasteiger partial charge in [0.05, 0.1) is 5.92 Å². The van der Waals surface area contributed by atoms with Gasteiger partial charge in [-0.2, -0.15) is 0 Å². The van der Waals surface area contributed by atoms with Crippen molar-refractivity contribution in [1.29, 1.82) is 0 Å². The van der Waals surface area contributed by atoms with E-state index in [0.717, 1.165) is 25.7 Å². The molecular formula is C14H21NO4. The Hall–Kier alpha value is -1.39. The zero-order valence-electron chi connectivity index (χ0n) is 11.6. The molecule has 0 aromatic rings. The highest BCUT2D eigenvalue weighted by atomic mass is 16.7. The van der Waals surface area contributed by atoms with Crippen molar-refractivity contribution in [2.45, 2.75) is 52.4 Å². The Kier molecular flexibility index (Phi) is 4.22. The summed E-state index contributed by atoms with van der Waals surface area (Å²) in [7, 11) is 0. The van der Waals surface area contributed by atoms with Gasteiger partial charge in [-0.05, 0) is 37.5 Å². The summed E-state index contributed by atoms with van der Waals surface area (Å²) in [6, 6.07) is 0. The Morgan fingerprint density at radius 2 is 1.63 bits per heavy atom. The predicted octanol–water partition coefficient (Wildman–Crippen LogP) is 2.06. The Morgan fingerprint density at radius 3 is 2.11 bits per heavy atom. The number of carbonyl (C=O) groups is 3. The summed E-state index contributed by atoms with van der Waals surface area (Å²) in [5.41, 5.74) is 0. The van der Waals surface area contributed by atoms with E-state index in [-0.39, 0.29) is 18.8 Å². The van der Waals surface area contributed by atoms with Gasteiger partial charge in [0.2, 0.25) is 0 Å². The van der Waals surface area contributed by atoms with Gasteiger partial charge in [-0.1, -0.05) is 13.8 Å². The van der Waals surface area contributed by atoms with Crippen molar-refractivity contribution in [2.75, 3.05) is 0 Å². The lowest BCUT2D eigenvalue weighted by Crippen LogP contribution is -2.36. The molecule has 0 atom stereocenters. The quantitative estimate of drug-likeness (QED) is 0.734. The lowest BCUT2D eigenvalue weighted by atomic mass is 9.77. The zero-order valence-corrected chi connectivity index (χ0v) is 11.6. The molecule has 5 nitrogen and oxygen atoms in total. The maximum atomic E-state index is 12.0. The van der Waals surface area contributed by atoms with Crippen molar-refractivity contribution in [3.05, 3.63) is 0 Å². The number of hydrogen-bond acceptors (Lipinski definition) is 4. The molecule has 0 unspecified atom stereocenters. The summed E-state index contributed by atoms with van der Waals surface area (Å²) in [5.74, 6) is -0.108. The molecule has 2 rings (SSSR count). The SMILES string of the molecule is CC(C)C1CCC(C(=O)ON2C(=O)CCC2=O)CC1. The van der Waals surface area contributed by atoms with E-state index in [0.29, 0.717) is 16.9 Å². The fourth-order valence-electron chi connectivity index (χ4n) is 2.84. The van der Waals surface area contributed by atoms with E-state index in [2.05, 4.69) is 13.8 Å². The van der Waals surface area contributed by atoms with Crippen LogP contribution in [0.3, 0.4) is 0 Å². The highest BCUT2D eigenvalue weighted by Crippen LogP contribution is 2.34. The van der Waals surface area contributed by atoms with Crippen LogP contribution in [0.5, 0.6) is 0 Å². The molecule has 5 heteroatoms. The van der Waals surface area contributed by atoms with Crippen molar-refractivity contribution in [3.63, 3.8) is 0 Å². The Morgan fingerprint density at radius 1 is 1.11 bits per heavy atom. The normalized spacial score (nSPS) is 28.1. The second-order valence-corrected chi connectivity index (χ2v) is 5.85. The molecule has 1 aliphatic heterocycles. The van der Waals surface area contributed by atoms with Crippen LogP contribution >= 0.6 is 0 Å². The number of hydrogen-bond donors (Lipinski definition) is 0. The van der Waals surface area contributed by atoms with Gasteiger partial charge in [0.15, 0.2) is 0 Å². The Labute approximate surface area is 113 Å². The third kappa shape index (κ3) is 3.14. The lowest BCUT2D eigenvalue weighted by molar-refractivity contribution is -0.201. The Bertz CT molecular complexity index is 367. The first-order chi connectivity index (χ1) is 8.99. The van der Waals surface area contributed by atoms with Crippen molar-refractivity contribution in [1.82, 2.24) is 5.06 Å². The first-order valence-corrected chi connectivity index (χ1v) is 7.06. The summed E-state index contributed by atoms with van der Waals surface area (Å²) in [6.07, 6.45) is 3.90. The van der Waals surface area contributed by atoms with Gasteiger partial charge in [0, 0.05) is 12.8 Å². The largest absolute Gasteiger partial charge is 0.336 e. The van der Waals surface area contributed by atoms with E-state index in [4.69, 9.17) is 4.84 Å². The molecule has 1 heterocycles. The molecule has 19 heavy (non-hydrogen) atoms. The van der Waals surface area contributed by atoms with Crippen LogP contribution in [0.15, 0.2) is 0 Å². The average Bonchev–Trinajstić information content (AvgIpc) is 2.70. The van der Waals surface area contributed by atoms with E-state index in [1.165, 1.54) is 0 Å². The molecule has 2 amide bonds. The van der Waals surface area contributed by atoms with Gasteiger partial charge >= 0.3 is 5.97 Å². The monoisotopic (exact) mass is 267 g/mol. The predicted molar refractivity (Wildman–Crippen MR) is 67.5 cm³/mol. The van der Waals surface area contributed by atoms with Crippen molar-refractivity contribution in [2.24, 2.45) is 17.8 Å². The minimum absolute atomic E-state index is 0.145. The smallest absolute Gasteiger partial charge is 0.330 e. The van der Waals surface area contributed by atoms with Crippen LogP contribution in [0.1, 0.15) is 52.4 Å². The van der Waals surface area contributed by atoms with Crippen LogP contribution in [0, 0.1) is 17.8 Å². The number of amides is 2. The van der Waals surface area contributed by atoms with Crippen molar-refractivity contribution >= 4 is 17.8 Å². The first kappa shape index (κ1) is 14.0. The van der Waals surface area contributed by atoms with Gasteiger partial charge < -0.3 is 4.84 Å². The number of hydroxylamine groups is 2. The van der Waals surface area contributed by atoms with Gasteiger partial charge in [-0.3, -0.25) is 9.59 Å². The molecule has 0 aromatic carbocycles. The number of rotatable bonds is 3. The van der Waals surface area contributed by atoms with Crippen LogP contribution < -0.4 is 0 Å². The van der Waals surface area contributed by atoms with Gasteiger partial charge in [0.1, 0.15) is 0 Å². The molecule has 1 saturated heterocycles. The van der Waals surface area contributed by atoms with Crippen molar-refractivity contribution < 1.29 is 19.2 Å². The topological polar surface area (TPSA) is 63.7 Å². The minimum atomic E-state index is -0.425. The Balaban J connectivity index is 1.85. The summed E-state index contributed by atoms with van der Waals surface area (Å²) < 4.78 is 0. The van der Waals surface area contributed by atoms with E-state index in [9.17, 15) is 14.4 Å².